The Kier molecular flexibility index (Phi) is 4.09. The number of hydrogen-bond acceptors (Lipinski definition) is 3. The number of carbonyl (C=O) groups excluding carboxylic acids is 1. The lowest BCUT2D eigenvalue weighted by molar-refractivity contribution is 0.0952. The van der Waals surface area contributed by atoms with Gasteiger partial charge in [-0.05, 0) is 48.1 Å². The van der Waals surface area contributed by atoms with E-state index in [1.54, 1.807) is 12.1 Å². The van der Waals surface area contributed by atoms with Gasteiger partial charge in [0.05, 0.1) is 5.56 Å². The van der Waals surface area contributed by atoms with Gasteiger partial charge in [0.15, 0.2) is 0 Å². The minimum atomic E-state index is -0.367. The lowest BCUT2D eigenvalue weighted by Crippen LogP contribution is -2.24. The summed E-state index contributed by atoms with van der Waals surface area (Å²) in [5.41, 5.74) is 3.89. The molecular formula is C18H20N2O2. The van der Waals surface area contributed by atoms with Crippen molar-refractivity contribution in [2.24, 2.45) is 11.0 Å². The first-order valence-electron chi connectivity index (χ1n) is 7.73. The van der Waals surface area contributed by atoms with Crippen molar-refractivity contribution in [1.82, 2.24) is 5.43 Å². The zero-order valence-corrected chi connectivity index (χ0v) is 12.7. The molecule has 0 aliphatic heterocycles. The van der Waals surface area contributed by atoms with Crippen LogP contribution in [0.25, 0.3) is 10.8 Å². The smallest absolute Gasteiger partial charge is 0.275 e. The molecule has 4 nitrogen and oxygen atoms in total. The second kappa shape index (κ2) is 6.18. The number of amides is 1. The van der Waals surface area contributed by atoms with E-state index >= 15 is 0 Å². The number of carbonyl (C=O) groups is 1. The van der Waals surface area contributed by atoms with Crippen molar-refractivity contribution in [2.45, 2.75) is 32.6 Å². The summed E-state index contributed by atoms with van der Waals surface area (Å²) in [5.74, 6) is 0.0286. The predicted molar refractivity (Wildman–Crippen MR) is 88.1 cm³/mol. The van der Waals surface area contributed by atoms with Crippen molar-refractivity contribution in [1.29, 1.82) is 0 Å². The first-order chi connectivity index (χ1) is 10.6. The van der Waals surface area contributed by atoms with Gasteiger partial charge in [-0.2, -0.15) is 5.10 Å². The van der Waals surface area contributed by atoms with Gasteiger partial charge in [0.25, 0.3) is 5.91 Å². The number of fused-ring (bicyclic) bond motifs is 1. The fourth-order valence-corrected chi connectivity index (χ4v) is 2.93. The van der Waals surface area contributed by atoms with Crippen LogP contribution in [-0.2, 0) is 0 Å². The van der Waals surface area contributed by atoms with Gasteiger partial charge in [-0.15, -0.1) is 0 Å². The first kappa shape index (κ1) is 14.6. The van der Waals surface area contributed by atoms with Crippen LogP contribution in [-0.4, -0.2) is 16.7 Å². The zero-order valence-electron chi connectivity index (χ0n) is 12.7. The summed E-state index contributed by atoms with van der Waals surface area (Å²) >= 11 is 0. The second-order valence-electron chi connectivity index (χ2n) is 5.91. The summed E-state index contributed by atoms with van der Waals surface area (Å²) in [5, 5.41) is 16.2. The number of phenolic OH excluding ortho intramolecular Hbond substituents is 1. The number of phenols is 1. The van der Waals surface area contributed by atoms with Gasteiger partial charge in [0, 0.05) is 5.71 Å². The van der Waals surface area contributed by atoms with Crippen molar-refractivity contribution in [3.63, 3.8) is 0 Å². The third-order valence-corrected chi connectivity index (χ3v) is 4.30. The van der Waals surface area contributed by atoms with Crippen LogP contribution < -0.4 is 5.43 Å². The van der Waals surface area contributed by atoms with E-state index < -0.39 is 0 Å². The van der Waals surface area contributed by atoms with Gasteiger partial charge >= 0.3 is 0 Å². The Morgan fingerprint density at radius 3 is 2.68 bits per heavy atom. The van der Waals surface area contributed by atoms with Gasteiger partial charge in [0.2, 0.25) is 0 Å². The molecule has 1 atom stereocenters. The van der Waals surface area contributed by atoms with Crippen molar-refractivity contribution in [3.05, 3.63) is 42.0 Å². The Balaban J connectivity index is 1.83. The molecule has 4 heteroatoms. The van der Waals surface area contributed by atoms with E-state index in [9.17, 15) is 9.90 Å². The molecule has 1 amide bonds. The van der Waals surface area contributed by atoms with Crippen LogP contribution in [0.15, 0.2) is 41.5 Å². The fourth-order valence-electron chi connectivity index (χ4n) is 2.93. The molecule has 0 unspecified atom stereocenters. The number of aromatic hydroxyl groups is 1. The van der Waals surface area contributed by atoms with Crippen LogP contribution in [0, 0.1) is 5.92 Å². The molecule has 0 spiro atoms. The highest BCUT2D eigenvalue weighted by Gasteiger charge is 2.17. The third kappa shape index (κ3) is 2.96. The zero-order chi connectivity index (χ0) is 15.5. The highest BCUT2D eigenvalue weighted by atomic mass is 16.3. The molecule has 0 saturated heterocycles. The van der Waals surface area contributed by atoms with Gasteiger partial charge in [0.1, 0.15) is 5.75 Å². The maximum atomic E-state index is 12.3. The number of nitrogens with one attached hydrogen (secondary N) is 1. The molecular weight excluding hydrogens is 276 g/mol. The van der Waals surface area contributed by atoms with Gasteiger partial charge < -0.3 is 5.11 Å². The minimum absolute atomic E-state index is 0.0203. The summed E-state index contributed by atoms with van der Waals surface area (Å²) < 4.78 is 0. The Morgan fingerprint density at radius 2 is 1.95 bits per heavy atom. The maximum absolute atomic E-state index is 12.3. The molecule has 2 N–H and O–H groups in total. The summed E-state index contributed by atoms with van der Waals surface area (Å²) in [6.45, 7) is 2.14. The average Bonchev–Trinajstić information content (AvgIpc) is 2.53. The third-order valence-electron chi connectivity index (χ3n) is 4.30. The van der Waals surface area contributed by atoms with Crippen LogP contribution in [0.2, 0.25) is 0 Å². The van der Waals surface area contributed by atoms with E-state index in [0.717, 1.165) is 35.7 Å². The molecule has 2 aromatic carbocycles. The number of nitrogens with zero attached hydrogens (tertiary/aromatic N) is 1. The molecule has 1 aliphatic rings. The lowest BCUT2D eigenvalue weighted by atomic mass is 9.89. The maximum Gasteiger partial charge on any atom is 0.275 e. The fraction of sp³-hybridized carbons (Fsp3) is 0.333. The second-order valence-corrected chi connectivity index (χ2v) is 5.91. The van der Waals surface area contributed by atoms with E-state index in [2.05, 4.69) is 17.5 Å². The van der Waals surface area contributed by atoms with Crippen LogP contribution in [0.4, 0.5) is 0 Å². The molecule has 3 rings (SSSR count). The number of hydrogen-bond donors (Lipinski definition) is 2. The quantitative estimate of drug-likeness (QED) is 0.827. The molecule has 0 bridgehead atoms. The lowest BCUT2D eigenvalue weighted by Gasteiger charge is -2.19. The number of rotatable bonds is 2. The summed E-state index contributed by atoms with van der Waals surface area (Å²) in [4.78, 5) is 12.3. The highest BCUT2D eigenvalue weighted by molar-refractivity contribution is 6.02. The highest BCUT2D eigenvalue weighted by Crippen LogP contribution is 2.25. The molecule has 1 saturated carbocycles. The normalized spacial score (nSPS) is 20.2. The SMILES string of the molecule is C[C@@H]1CCCC/C1=N/NC(=O)c1cc2ccccc2cc1O. The summed E-state index contributed by atoms with van der Waals surface area (Å²) in [7, 11) is 0. The van der Waals surface area contributed by atoms with Gasteiger partial charge in [-0.25, -0.2) is 5.43 Å². The van der Waals surface area contributed by atoms with Crippen molar-refractivity contribution < 1.29 is 9.90 Å². The van der Waals surface area contributed by atoms with Crippen molar-refractivity contribution in [2.75, 3.05) is 0 Å². The molecule has 1 fully saturated rings. The molecule has 0 radical (unpaired) electrons. The monoisotopic (exact) mass is 296 g/mol. The molecule has 114 valence electrons. The molecule has 2 aromatic rings. The largest absolute Gasteiger partial charge is 0.507 e. The van der Waals surface area contributed by atoms with Crippen molar-refractivity contribution >= 4 is 22.4 Å². The predicted octanol–water partition coefficient (Wildman–Crippen LogP) is 3.84. The van der Waals surface area contributed by atoms with E-state index in [-0.39, 0.29) is 17.2 Å². The van der Waals surface area contributed by atoms with Crippen molar-refractivity contribution in [3.8, 4) is 5.75 Å². The number of benzene rings is 2. The Bertz CT molecular complexity index is 737. The Hall–Kier alpha value is -2.36. The average molecular weight is 296 g/mol. The molecule has 0 aromatic heterocycles. The topological polar surface area (TPSA) is 61.7 Å². The van der Waals surface area contributed by atoms with E-state index in [4.69, 9.17) is 0 Å². The molecule has 22 heavy (non-hydrogen) atoms. The minimum Gasteiger partial charge on any atom is -0.507 e. The summed E-state index contributed by atoms with van der Waals surface area (Å²) in [6, 6.07) is 10.9. The Labute approximate surface area is 129 Å². The first-order valence-corrected chi connectivity index (χ1v) is 7.73. The standard InChI is InChI=1S/C18H20N2O2/c1-12-6-2-5-9-16(12)19-20-18(22)15-10-13-7-3-4-8-14(13)11-17(15)21/h3-4,7-8,10-12,21H,2,5-6,9H2,1H3,(H,20,22)/b19-16-/t12-/m1/s1. The number of hydrazone groups is 1. The molecule has 1 aliphatic carbocycles. The van der Waals surface area contributed by atoms with Crippen LogP contribution in [0.5, 0.6) is 5.75 Å². The van der Waals surface area contributed by atoms with E-state index in [1.807, 2.05) is 24.3 Å². The van der Waals surface area contributed by atoms with Gasteiger partial charge in [-0.3, -0.25) is 4.79 Å². The van der Waals surface area contributed by atoms with Gasteiger partial charge in [-0.1, -0.05) is 37.6 Å². The Morgan fingerprint density at radius 1 is 1.23 bits per heavy atom. The van der Waals surface area contributed by atoms with Crippen LogP contribution in [0.3, 0.4) is 0 Å². The van der Waals surface area contributed by atoms with Crippen LogP contribution >= 0.6 is 0 Å². The van der Waals surface area contributed by atoms with Crippen LogP contribution in [0.1, 0.15) is 43.0 Å². The summed E-state index contributed by atoms with van der Waals surface area (Å²) in [6.07, 6.45) is 4.40. The molecule has 0 heterocycles. The van der Waals surface area contributed by atoms with E-state index in [0.29, 0.717) is 5.92 Å². The van der Waals surface area contributed by atoms with E-state index in [1.165, 1.54) is 6.42 Å².